The topological polar surface area (TPSA) is 141 Å². The van der Waals surface area contributed by atoms with Gasteiger partial charge in [0, 0.05) is 0 Å². The minimum atomic E-state index is -1.30. The van der Waals surface area contributed by atoms with Gasteiger partial charge in [-0.05, 0) is 0 Å². The van der Waals surface area contributed by atoms with E-state index in [1.54, 1.807) is 0 Å². The summed E-state index contributed by atoms with van der Waals surface area (Å²) in [7, 11) is 0. The van der Waals surface area contributed by atoms with Gasteiger partial charge in [-0.3, -0.25) is 10.2 Å². The van der Waals surface area contributed by atoms with Crippen LogP contribution in [0, 0.1) is 0 Å². The SMILES string of the molecule is NC1=NCN([C@@H]2O[C@@H](CO)[C@H](O)[C@H]2O)C(=O)N1. The summed E-state index contributed by atoms with van der Waals surface area (Å²) in [5, 5.41) is 30.4. The van der Waals surface area contributed by atoms with E-state index in [2.05, 4.69) is 10.3 Å². The Morgan fingerprint density at radius 3 is 2.76 bits per heavy atom. The molecule has 2 rings (SSSR count). The van der Waals surface area contributed by atoms with Crippen LogP contribution in [-0.2, 0) is 4.74 Å². The molecule has 17 heavy (non-hydrogen) atoms. The number of aliphatic hydroxyl groups excluding tert-OH is 3. The first-order valence-electron chi connectivity index (χ1n) is 5.04. The van der Waals surface area contributed by atoms with Crippen LogP contribution in [0.3, 0.4) is 0 Å². The fourth-order valence-corrected chi connectivity index (χ4v) is 1.77. The molecule has 0 radical (unpaired) electrons. The molecule has 0 bridgehead atoms. The molecule has 96 valence electrons. The highest BCUT2D eigenvalue weighted by atomic mass is 16.6. The first kappa shape index (κ1) is 12.0. The summed E-state index contributed by atoms with van der Waals surface area (Å²) < 4.78 is 5.19. The normalized spacial score (nSPS) is 37.9. The number of aliphatic hydroxyl groups is 3. The average molecular weight is 246 g/mol. The number of nitrogens with two attached hydrogens (primary N) is 1. The molecule has 2 amide bonds. The third kappa shape index (κ3) is 2.05. The molecular formula is C8H14N4O5. The molecule has 0 saturated carbocycles. The summed E-state index contributed by atoms with van der Waals surface area (Å²) in [5.41, 5.74) is 5.30. The fraction of sp³-hybridized carbons (Fsp3) is 0.750. The summed E-state index contributed by atoms with van der Waals surface area (Å²) in [5.74, 6) is -0.0157. The Morgan fingerprint density at radius 1 is 1.53 bits per heavy atom. The van der Waals surface area contributed by atoms with E-state index >= 15 is 0 Å². The van der Waals surface area contributed by atoms with Crippen molar-refractivity contribution in [3.63, 3.8) is 0 Å². The number of carbonyl (C=O) groups excluding carboxylic acids is 1. The van der Waals surface area contributed by atoms with Gasteiger partial charge in [0.05, 0.1) is 6.61 Å². The van der Waals surface area contributed by atoms with E-state index < -0.39 is 37.2 Å². The summed E-state index contributed by atoms with van der Waals surface area (Å²) in [6, 6.07) is -0.577. The molecule has 0 aromatic heterocycles. The molecule has 2 aliphatic heterocycles. The van der Waals surface area contributed by atoms with Crippen LogP contribution in [0.4, 0.5) is 4.79 Å². The van der Waals surface area contributed by atoms with Gasteiger partial charge in [0.15, 0.2) is 12.2 Å². The van der Waals surface area contributed by atoms with E-state index in [9.17, 15) is 15.0 Å². The maximum Gasteiger partial charge on any atom is 0.327 e. The smallest absolute Gasteiger partial charge is 0.327 e. The predicted octanol–water partition coefficient (Wildman–Crippen LogP) is -3.28. The van der Waals surface area contributed by atoms with Gasteiger partial charge in [-0.15, -0.1) is 0 Å². The summed E-state index contributed by atoms with van der Waals surface area (Å²) in [4.78, 5) is 16.4. The summed E-state index contributed by atoms with van der Waals surface area (Å²) in [6.07, 6.45) is -4.53. The number of nitrogens with zero attached hydrogens (tertiary/aromatic N) is 2. The Hall–Kier alpha value is -1.42. The molecule has 2 heterocycles. The van der Waals surface area contributed by atoms with Crippen LogP contribution in [0.15, 0.2) is 4.99 Å². The van der Waals surface area contributed by atoms with Crippen LogP contribution in [0.1, 0.15) is 0 Å². The molecule has 9 heteroatoms. The predicted molar refractivity (Wildman–Crippen MR) is 54.6 cm³/mol. The third-order valence-corrected chi connectivity index (χ3v) is 2.71. The van der Waals surface area contributed by atoms with Crippen molar-refractivity contribution in [2.24, 2.45) is 10.7 Å². The summed E-state index contributed by atoms with van der Waals surface area (Å²) in [6.45, 7) is -0.528. The van der Waals surface area contributed by atoms with Crippen LogP contribution in [-0.4, -0.2) is 70.0 Å². The van der Waals surface area contributed by atoms with Crippen LogP contribution in [0.5, 0.6) is 0 Å². The summed E-state index contributed by atoms with van der Waals surface area (Å²) >= 11 is 0. The first-order valence-corrected chi connectivity index (χ1v) is 5.04. The lowest BCUT2D eigenvalue weighted by molar-refractivity contribution is -0.0787. The number of nitrogens with one attached hydrogen (secondary N) is 1. The maximum absolute atomic E-state index is 11.6. The van der Waals surface area contributed by atoms with E-state index in [-0.39, 0.29) is 12.6 Å². The third-order valence-electron chi connectivity index (χ3n) is 2.71. The number of hydrogen-bond acceptors (Lipinski definition) is 7. The molecule has 1 saturated heterocycles. The molecule has 0 unspecified atom stereocenters. The average Bonchev–Trinajstić information content (AvgIpc) is 2.57. The van der Waals surface area contributed by atoms with Gasteiger partial charge in [0.2, 0.25) is 0 Å². The second-order valence-corrected chi connectivity index (χ2v) is 3.81. The zero-order valence-electron chi connectivity index (χ0n) is 8.85. The molecule has 4 atom stereocenters. The fourth-order valence-electron chi connectivity index (χ4n) is 1.77. The highest BCUT2D eigenvalue weighted by Crippen LogP contribution is 2.24. The number of ether oxygens (including phenoxy) is 1. The molecule has 6 N–H and O–H groups in total. The van der Waals surface area contributed by atoms with Crippen molar-refractivity contribution in [1.29, 1.82) is 0 Å². The Bertz CT molecular complexity index is 349. The van der Waals surface area contributed by atoms with Crippen LogP contribution in [0.2, 0.25) is 0 Å². The highest BCUT2D eigenvalue weighted by Gasteiger charge is 2.47. The van der Waals surface area contributed by atoms with Gasteiger partial charge in [-0.2, -0.15) is 0 Å². The van der Waals surface area contributed by atoms with Crippen molar-refractivity contribution < 1.29 is 24.9 Å². The van der Waals surface area contributed by atoms with Gasteiger partial charge in [-0.25, -0.2) is 9.79 Å². The lowest BCUT2D eigenvalue weighted by atomic mass is 10.1. The second-order valence-electron chi connectivity index (χ2n) is 3.81. The van der Waals surface area contributed by atoms with Gasteiger partial charge >= 0.3 is 6.03 Å². The number of carbonyl (C=O) groups is 1. The Morgan fingerprint density at radius 2 is 2.24 bits per heavy atom. The van der Waals surface area contributed by atoms with E-state index in [1.165, 1.54) is 0 Å². The monoisotopic (exact) mass is 246 g/mol. The number of hydrogen-bond donors (Lipinski definition) is 5. The molecule has 9 nitrogen and oxygen atoms in total. The van der Waals surface area contributed by atoms with Gasteiger partial charge in [0.1, 0.15) is 25.0 Å². The highest BCUT2D eigenvalue weighted by molar-refractivity contribution is 5.96. The van der Waals surface area contributed by atoms with Gasteiger partial charge in [0.25, 0.3) is 0 Å². The molecule has 0 aliphatic carbocycles. The van der Waals surface area contributed by atoms with Crippen molar-refractivity contribution in [1.82, 2.24) is 10.2 Å². The number of aliphatic imine (C=N–C) groups is 1. The van der Waals surface area contributed by atoms with Crippen LogP contribution < -0.4 is 11.1 Å². The van der Waals surface area contributed by atoms with Crippen molar-refractivity contribution in [3.05, 3.63) is 0 Å². The standard InChI is InChI=1S/C8H14N4O5/c9-7-10-2-12(8(16)11-7)6-5(15)4(14)3(1-13)17-6/h3-6,13-15H,1-2H2,(H3,9,10,11,16)/t3-,4-,5+,6+/m0/s1. The Labute approximate surface area is 96.5 Å². The van der Waals surface area contributed by atoms with Gasteiger partial charge < -0.3 is 25.8 Å². The zero-order valence-corrected chi connectivity index (χ0v) is 8.85. The number of rotatable bonds is 2. The zero-order chi connectivity index (χ0) is 12.6. The molecule has 0 aromatic carbocycles. The van der Waals surface area contributed by atoms with Crippen molar-refractivity contribution in [3.8, 4) is 0 Å². The molecular weight excluding hydrogens is 232 g/mol. The Balaban J connectivity index is 2.11. The van der Waals surface area contributed by atoms with E-state index in [0.717, 1.165) is 4.90 Å². The van der Waals surface area contributed by atoms with E-state index in [0.29, 0.717) is 0 Å². The molecule has 2 aliphatic rings. The van der Waals surface area contributed by atoms with Crippen molar-refractivity contribution >= 4 is 12.0 Å². The maximum atomic E-state index is 11.6. The minimum absolute atomic E-state index is 0.0157. The number of amides is 2. The first-order chi connectivity index (χ1) is 8.04. The lowest BCUT2D eigenvalue weighted by Crippen LogP contribution is -2.56. The van der Waals surface area contributed by atoms with Crippen molar-refractivity contribution in [2.45, 2.75) is 24.5 Å². The number of urea groups is 1. The molecule has 1 fully saturated rings. The van der Waals surface area contributed by atoms with Crippen LogP contribution >= 0.6 is 0 Å². The van der Waals surface area contributed by atoms with Gasteiger partial charge in [-0.1, -0.05) is 0 Å². The number of guanidine groups is 1. The van der Waals surface area contributed by atoms with E-state index in [4.69, 9.17) is 15.6 Å². The Kier molecular flexibility index (Phi) is 3.15. The van der Waals surface area contributed by atoms with Crippen LogP contribution in [0.25, 0.3) is 0 Å². The second kappa shape index (κ2) is 4.45. The largest absolute Gasteiger partial charge is 0.394 e. The lowest BCUT2D eigenvalue weighted by Gasteiger charge is -2.31. The van der Waals surface area contributed by atoms with E-state index in [1.807, 2.05) is 0 Å². The quantitative estimate of drug-likeness (QED) is 0.346. The minimum Gasteiger partial charge on any atom is -0.394 e. The molecule has 0 aromatic rings. The molecule has 0 spiro atoms. The van der Waals surface area contributed by atoms with Crippen molar-refractivity contribution in [2.75, 3.05) is 13.3 Å².